The molecule has 84 valence electrons. The molecule has 1 aliphatic rings. The first-order chi connectivity index (χ1) is 8.29. The van der Waals surface area contributed by atoms with Crippen molar-refractivity contribution in [3.05, 3.63) is 23.8 Å². The van der Waals surface area contributed by atoms with Crippen LogP contribution in [0, 0.1) is 11.3 Å². The molecule has 17 heavy (non-hydrogen) atoms. The van der Waals surface area contributed by atoms with Gasteiger partial charge in [0.25, 0.3) is 0 Å². The molecule has 2 aromatic rings. The van der Waals surface area contributed by atoms with Crippen LogP contribution in [-0.2, 0) is 0 Å². The highest BCUT2D eigenvalue weighted by molar-refractivity contribution is 5.74. The number of aromatic amines is 1. The van der Waals surface area contributed by atoms with Gasteiger partial charge in [0.15, 0.2) is 17.3 Å². The number of anilines is 1. The molecule has 0 saturated carbocycles. The van der Waals surface area contributed by atoms with Gasteiger partial charge in [-0.3, -0.25) is 5.10 Å². The zero-order valence-electron chi connectivity index (χ0n) is 8.73. The van der Waals surface area contributed by atoms with E-state index in [1.807, 2.05) is 12.1 Å². The molecule has 0 radical (unpaired) electrons. The molecule has 0 amide bonds. The number of nitriles is 1. The van der Waals surface area contributed by atoms with E-state index < -0.39 is 0 Å². The van der Waals surface area contributed by atoms with Gasteiger partial charge in [-0.1, -0.05) is 0 Å². The van der Waals surface area contributed by atoms with E-state index in [-0.39, 0.29) is 12.6 Å². The van der Waals surface area contributed by atoms with Crippen LogP contribution in [0.15, 0.2) is 18.2 Å². The van der Waals surface area contributed by atoms with Crippen molar-refractivity contribution in [1.29, 1.82) is 5.26 Å². The molecule has 0 saturated heterocycles. The normalized spacial score (nSPS) is 12.4. The number of hydrogen-bond donors (Lipinski definition) is 2. The molecule has 0 atom stereocenters. The average molecular weight is 228 g/mol. The standard InChI is InChI=1S/C11H8N4O2/c12-4-7-10(14-15-11(7)13)6-1-2-8-9(3-6)17-5-16-8/h1-3H,5H2,(H3,13,14,15). The molecule has 2 heterocycles. The first kappa shape index (κ1) is 9.54. The van der Waals surface area contributed by atoms with Crippen LogP contribution in [0.2, 0.25) is 0 Å². The second-order valence-corrected chi connectivity index (χ2v) is 3.54. The lowest BCUT2D eigenvalue weighted by Gasteiger charge is -2.00. The minimum absolute atomic E-state index is 0.195. The van der Waals surface area contributed by atoms with Crippen molar-refractivity contribution in [3.63, 3.8) is 0 Å². The first-order valence-electron chi connectivity index (χ1n) is 4.93. The van der Waals surface area contributed by atoms with Crippen molar-refractivity contribution >= 4 is 5.82 Å². The summed E-state index contributed by atoms with van der Waals surface area (Å²) in [6.07, 6.45) is 0. The van der Waals surface area contributed by atoms with Crippen LogP contribution in [0.4, 0.5) is 5.82 Å². The van der Waals surface area contributed by atoms with Gasteiger partial charge in [-0.15, -0.1) is 0 Å². The summed E-state index contributed by atoms with van der Waals surface area (Å²) in [4.78, 5) is 0. The zero-order valence-corrected chi connectivity index (χ0v) is 8.73. The Morgan fingerprint density at radius 1 is 1.35 bits per heavy atom. The Morgan fingerprint density at radius 2 is 2.18 bits per heavy atom. The fourth-order valence-electron chi connectivity index (χ4n) is 1.73. The number of rotatable bonds is 1. The smallest absolute Gasteiger partial charge is 0.231 e. The molecular formula is C11H8N4O2. The second-order valence-electron chi connectivity index (χ2n) is 3.54. The van der Waals surface area contributed by atoms with Gasteiger partial charge in [0, 0.05) is 5.56 Å². The Bertz CT molecular complexity index is 627. The number of nitrogen functional groups attached to an aromatic ring is 1. The topological polar surface area (TPSA) is 97.0 Å². The molecule has 1 aliphatic heterocycles. The second kappa shape index (κ2) is 3.42. The molecular weight excluding hydrogens is 220 g/mol. The van der Waals surface area contributed by atoms with E-state index in [4.69, 9.17) is 20.5 Å². The average Bonchev–Trinajstić information content (AvgIpc) is 2.93. The Balaban J connectivity index is 2.13. The number of nitrogens with zero attached hydrogens (tertiary/aromatic N) is 2. The summed E-state index contributed by atoms with van der Waals surface area (Å²) >= 11 is 0. The van der Waals surface area contributed by atoms with Gasteiger partial charge in [-0.2, -0.15) is 10.4 Å². The number of fused-ring (bicyclic) bond motifs is 1. The molecule has 3 N–H and O–H groups in total. The maximum Gasteiger partial charge on any atom is 0.231 e. The van der Waals surface area contributed by atoms with Gasteiger partial charge in [0.1, 0.15) is 11.6 Å². The lowest BCUT2D eigenvalue weighted by molar-refractivity contribution is 0.174. The maximum absolute atomic E-state index is 9.00. The fraction of sp³-hybridized carbons (Fsp3) is 0.0909. The summed E-state index contributed by atoms with van der Waals surface area (Å²) in [7, 11) is 0. The Hall–Kier alpha value is -2.68. The van der Waals surface area contributed by atoms with Crippen molar-refractivity contribution in [3.8, 4) is 28.8 Å². The van der Waals surface area contributed by atoms with Crippen LogP contribution in [0.5, 0.6) is 11.5 Å². The minimum atomic E-state index is 0.195. The van der Waals surface area contributed by atoms with E-state index in [9.17, 15) is 0 Å². The molecule has 0 bridgehead atoms. The predicted octanol–water partition coefficient (Wildman–Crippen LogP) is 1.26. The lowest BCUT2D eigenvalue weighted by Crippen LogP contribution is -1.92. The van der Waals surface area contributed by atoms with Gasteiger partial charge in [-0.25, -0.2) is 0 Å². The van der Waals surface area contributed by atoms with E-state index in [1.54, 1.807) is 12.1 Å². The quantitative estimate of drug-likeness (QED) is 0.765. The molecule has 0 unspecified atom stereocenters. The van der Waals surface area contributed by atoms with Gasteiger partial charge in [0.05, 0.1) is 5.69 Å². The monoisotopic (exact) mass is 228 g/mol. The Morgan fingerprint density at radius 3 is 3.00 bits per heavy atom. The highest BCUT2D eigenvalue weighted by Crippen LogP contribution is 2.36. The molecule has 1 aromatic heterocycles. The summed E-state index contributed by atoms with van der Waals surface area (Å²) in [6, 6.07) is 7.42. The van der Waals surface area contributed by atoms with E-state index in [1.165, 1.54) is 0 Å². The van der Waals surface area contributed by atoms with Crippen molar-refractivity contribution in [1.82, 2.24) is 10.2 Å². The largest absolute Gasteiger partial charge is 0.454 e. The van der Waals surface area contributed by atoms with Gasteiger partial charge >= 0.3 is 0 Å². The Kier molecular flexibility index (Phi) is 1.92. The van der Waals surface area contributed by atoms with Crippen LogP contribution in [0.1, 0.15) is 5.56 Å². The number of H-pyrrole nitrogens is 1. The van der Waals surface area contributed by atoms with E-state index in [0.29, 0.717) is 22.8 Å². The third-order valence-corrected chi connectivity index (χ3v) is 2.57. The maximum atomic E-state index is 9.00. The van der Waals surface area contributed by atoms with Crippen molar-refractivity contribution in [2.24, 2.45) is 0 Å². The molecule has 6 nitrogen and oxygen atoms in total. The van der Waals surface area contributed by atoms with Crippen molar-refractivity contribution < 1.29 is 9.47 Å². The molecule has 0 aliphatic carbocycles. The number of aromatic nitrogens is 2. The highest BCUT2D eigenvalue weighted by atomic mass is 16.7. The van der Waals surface area contributed by atoms with E-state index in [0.717, 1.165) is 5.56 Å². The van der Waals surface area contributed by atoms with Crippen LogP contribution in [-0.4, -0.2) is 17.0 Å². The molecule has 6 heteroatoms. The summed E-state index contributed by atoms with van der Waals surface area (Å²) in [6.45, 7) is 0.217. The fourth-order valence-corrected chi connectivity index (χ4v) is 1.73. The number of nitrogens with one attached hydrogen (secondary N) is 1. The first-order valence-corrected chi connectivity index (χ1v) is 4.93. The van der Waals surface area contributed by atoms with Crippen molar-refractivity contribution in [2.45, 2.75) is 0 Å². The minimum Gasteiger partial charge on any atom is -0.454 e. The van der Waals surface area contributed by atoms with E-state index in [2.05, 4.69) is 10.2 Å². The zero-order chi connectivity index (χ0) is 11.8. The van der Waals surface area contributed by atoms with Crippen LogP contribution in [0.25, 0.3) is 11.3 Å². The summed E-state index contributed by atoms with van der Waals surface area (Å²) in [5.41, 5.74) is 7.29. The van der Waals surface area contributed by atoms with Gasteiger partial charge in [-0.05, 0) is 18.2 Å². The predicted molar refractivity (Wildman–Crippen MR) is 59.3 cm³/mol. The third kappa shape index (κ3) is 1.37. The van der Waals surface area contributed by atoms with Crippen LogP contribution < -0.4 is 15.2 Å². The summed E-state index contributed by atoms with van der Waals surface area (Å²) in [5.74, 6) is 1.54. The molecule has 0 spiro atoms. The molecule has 0 fully saturated rings. The van der Waals surface area contributed by atoms with Gasteiger partial charge in [0.2, 0.25) is 6.79 Å². The van der Waals surface area contributed by atoms with Crippen LogP contribution >= 0.6 is 0 Å². The number of ether oxygens (including phenoxy) is 2. The third-order valence-electron chi connectivity index (χ3n) is 2.57. The highest BCUT2D eigenvalue weighted by Gasteiger charge is 2.17. The van der Waals surface area contributed by atoms with Crippen molar-refractivity contribution in [2.75, 3.05) is 12.5 Å². The Labute approximate surface area is 96.6 Å². The number of hydrogen-bond acceptors (Lipinski definition) is 5. The molecule has 1 aromatic carbocycles. The molecule has 3 rings (SSSR count). The summed E-state index contributed by atoms with van der Waals surface area (Å²) in [5, 5.41) is 15.6. The van der Waals surface area contributed by atoms with E-state index >= 15 is 0 Å². The lowest BCUT2D eigenvalue weighted by atomic mass is 10.1. The number of nitrogens with two attached hydrogens (primary N) is 1. The number of benzene rings is 1. The SMILES string of the molecule is N#Cc1c(N)n[nH]c1-c1ccc2c(c1)OCO2. The summed E-state index contributed by atoms with van der Waals surface area (Å²) < 4.78 is 10.5. The van der Waals surface area contributed by atoms with Gasteiger partial charge < -0.3 is 15.2 Å². The van der Waals surface area contributed by atoms with Crippen LogP contribution in [0.3, 0.4) is 0 Å².